The second-order valence-electron chi connectivity index (χ2n) is 18.5. The van der Waals surface area contributed by atoms with Gasteiger partial charge in [-0.15, -0.1) is 0 Å². The van der Waals surface area contributed by atoms with Gasteiger partial charge < -0.3 is 4.90 Å². The van der Waals surface area contributed by atoms with Crippen LogP contribution in [0, 0.1) is 78.5 Å². The standard InChI is InChI=1S/C66H55NO8.Eu/c1-3-67(4-2)65(53(57(68)45-29-13-5-14-30-45)58(69)46-31-15-6-16-32-46)66(54(59(70)47-33-17-7-18-34-47)60(71)48-35-19-8-20-36-48,55(61(72)49-37-21-9-22-38-49)62(73)50-39-23-10-24-40-50)56(63(74)51-41-25-11-26-42-51)64(75)52-43-27-12-28-44-52;/h5-44,53-56,65H,3-4H2,1-2H3;/q;+3/p+1. The molecule has 76 heavy (non-hydrogen) atoms. The number of rotatable bonds is 24. The number of Topliss-reactive ketones (excluding diaryl/α,β-unsaturated/α-hetero) is 8. The summed E-state index contributed by atoms with van der Waals surface area (Å²) in [6.07, 6.45) is 0. The molecule has 8 aromatic carbocycles. The van der Waals surface area contributed by atoms with Crippen molar-refractivity contribution < 1.29 is 92.6 Å². The quantitative estimate of drug-likeness (QED) is 0.0466. The predicted octanol–water partition coefficient (Wildman–Crippen LogP) is 10.8. The number of nitrogens with one attached hydrogen (secondary N) is 1. The zero-order valence-electron chi connectivity index (χ0n) is 42.0. The van der Waals surface area contributed by atoms with Crippen LogP contribution in [0.25, 0.3) is 0 Å². The first-order chi connectivity index (χ1) is 36.5. The van der Waals surface area contributed by atoms with Gasteiger partial charge in [0.1, 0.15) is 12.0 Å². The fourth-order valence-electron chi connectivity index (χ4n) is 10.9. The van der Waals surface area contributed by atoms with Crippen LogP contribution in [-0.4, -0.2) is 65.4 Å². The van der Waals surface area contributed by atoms with Crippen LogP contribution in [-0.2, 0) is 0 Å². The first-order valence-corrected chi connectivity index (χ1v) is 25.1. The Balaban J connectivity index is 0.00000840. The van der Waals surface area contributed by atoms with Crippen molar-refractivity contribution >= 4 is 46.3 Å². The Bertz CT molecular complexity index is 2820. The fraction of sp³-hybridized carbons (Fsp3) is 0.152. The average molecular weight is 1140 g/mol. The average Bonchev–Trinajstić information content (AvgIpc) is 3.55. The van der Waals surface area contributed by atoms with Crippen molar-refractivity contribution in [3.63, 3.8) is 0 Å². The molecule has 0 saturated heterocycles. The molecule has 1 unspecified atom stereocenters. The molecule has 0 amide bonds. The van der Waals surface area contributed by atoms with Crippen molar-refractivity contribution in [3.05, 3.63) is 287 Å². The summed E-state index contributed by atoms with van der Waals surface area (Å²) in [6.45, 7) is 3.63. The molecule has 0 saturated carbocycles. The van der Waals surface area contributed by atoms with Crippen LogP contribution < -0.4 is 4.90 Å². The first kappa shape index (κ1) is 56.4. The van der Waals surface area contributed by atoms with Crippen molar-refractivity contribution in [3.8, 4) is 0 Å². The summed E-state index contributed by atoms with van der Waals surface area (Å²) in [5.74, 6) is -16.3. The second-order valence-corrected chi connectivity index (χ2v) is 18.5. The molecule has 0 aliphatic rings. The summed E-state index contributed by atoms with van der Waals surface area (Å²) < 4.78 is 0. The monoisotopic (exact) mass is 1140 g/mol. The summed E-state index contributed by atoms with van der Waals surface area (Å²) >= 11 is 0. The van der Waals surface area contributed by atoms with Crippen LogP contribution in [0.5, 0.6) is 0 Å². The van der Waals surface area contributed by atoms with Crippen molar-refractivity contribution in [2.45, 2.75) is 19.9 Å². The Morgan fingerprint density at radius 3 is 0.605 bits per heavy atom. The molecule has 0 aromatic heterocycles. The van der Waals surface area contributed by atoms with Gasteiger partial charge in [0.05, 0.1) is 36.3 Å². The Labute approximate surface area is 483 Å². The number of ketones is 8. The Kier molecular flexibility index (Phi) is 19.6. The maximum atomic E-state index is 16.8. The molecule has 9 nitrogen and oxygen atoms in total. The fourth-order valence-corrected chi connectivity index (χ4v) is 10.9. The number of benzene rings is 8. The van der Waals surface area contributed by atoms with E-state index in [2.05, 4.69) is 0 Å². The van der Waals surface area contributed by atoms with Gasteiger partial charge >= 0.3 is 49.4 Å². The molecule has 10 heteroatoms. The van der Waals surface area contributed by atoms with Gasteiger partial charge in [-0.05, 0) is 13.8 Å². The van der Waals surface area contributed by atoms with Crippen molar-refractivity contribution in [1.29, 1.82) is 0 Å². The molecule has 0 aliphatic carbocycles. The number of carbonyl (C=O) groups is 8. The van der Waals surface area contributed by atoms with Crippen molar-refractivity contribution in [1.82, 2.24) is 0 Å². The molecule has 8 rings (SSSR count). The molecule has 0 fully saturated rings. The summed E-state index contributed by atoms with van der Waals surface area (Å²) in [5.41, 5.74) is -3.21. The number of hydrogen-bond donors (Lipinski definition) is 1. The maximum Gasteiger partial charge on any atom is 3.00 e. The van der Waals surface area contributed by atoms with Gasteiger partial charge in [0.25, 0.3) is 0 Å². The van der Waals surface area contributed by atoms with Gasteiger partial charge in [-0.1, -0.05) is 243 Å². The van der Waals surface area contributed by atoms with E-state index in [0.29, 0.717) is 4.90 Å². The van der Waals surface area contributed by atoms with Crippen molar-refractivity contribution in [2.75, 3.05) is 13.1 Å². The van der Waals surface area contributed by atoms with Crippen LogP contribution in [0.4, 0.5) is 0 Å². The molecule has 376 valence electrons. The molecule has 1 N–H and O–H groups in total. The Morgan fingerprint density at radius 1 is 0.289 bits per heavy atom. The second kappa shape index (κ2) is 26.4. The minimum Gasteiger partial charge on any atom is -0.331 e. The first-order valence-electron chi connectivity index (χ1n) is 25.1. The van der Waals surface area contributed by atoms with Crippen LogP contribution in [0.3, 0.4) is 0 Å². The zero-order valence-corrected chi connectivity index (χ0v) is 44.5. The number of hydrogen-bond acceptors (Lipinski definition) is 8. The minimum absolute atomic E-state index is 0. The third-order valence-corrected chi connectivity index (χ3v) is 14.3. The molecule has 1 atom stereocenters. The summed E-state index contributed by atoms with van der Waals surface area (Å²) in [5, 5.41) is 0. The summed E-state index contributed by atoms with van der Waals surface area (Å²) in [4.78, 5) is 134. The third-order valence-electron chi connectivity index (χ3n) is 14.3. The van der Waals surface area contributed by atoms with E-state index in [4.69, 9.17) is 0 Å². The number of carbonyl (C=O) groups excluding carboxylic acids is 8. The van der Waals surface area contributed by atoms with Crippen LogP contribution in [0.15, 0.2) is 243 Å². The van der Waals surface area contributed by atoms with Crippen LogP contribution in [0.1, 0.15) is 96.7 Å². The number of quaternary nitrogens is 1. The molecular weight excluding hydrogens is 1090 g/mol. The van der Waals surface area contributed by atoms with E-state index in [1.165, 1.54) is 97.1 Å². The van der Waals surface area contributed by atoms with E-state index in [-0.39, 0.29) is 107 Å². The third kappa shape index (κ3) is 11.7. The van der Waals surface area contributed by atoms with Gasteiger partial charge in [-0.2, -0.15) is 0 Å². The molecule has 0 bridgehead atoms. The van der Waals surface area contributed by atoms with E-state index in [1.54, 1.807) is 159 Å². The molecular formula is C66H56EuNO8+4. The Morgan fingerprint density at radius 2 is 0.447 bits per heavy atom. The predicted molar refractivity (Wildman–Crippen MR) is 288 cm³/mol. The maximum absolute atomic E-state index is 16.8. The zero-order chi connectivity index (χ0) is 52.9. The molecule has 0 aliphatic heterocycles. The van der Waals surface area contributed by atoms with Gasteiger partial charge in [-0.3, -0.25) is 38.4 Å². The van der Waals surface area contributed by atoms with E-state index in [0.717, 1.165) is 0 Å². The largest absolute Gasteiger partial charge is 3.00 e. The SMILES string of the molecule is CC[NH+](CC)C(C(C(=O)c1ccccc1)C(=O)c1ccccc1)C(C(C(=O)c1ccccc1)C(=O)c1ccccc1)(C(C(=O)c1ccccc1)C(=O)c1ccccc1)C(C(=O)c1ccccc1)C(=O)c1ccccc1.[Eu+3]. The Hall–Kier alpha value is -7.34. The smallest absolute Gasteiger partial charge is 0.331 e. The van der Waals surface area contributed by atoms with Gasteiger partial charge in [0, 0.05) is 44.5 Å². The van der Waals surface area contributed by atoms with Gasteiger partial charge in [0.2, 0.25) is 0 Å². The molecule has 0 spiro atoms. The summed E-state index contributed by atoms with van der Waals surface area (Å²) in [7, 11) is 0. The van der Waals surface area contributed by atoms with E-state index in [9.17, 15) is 0 Å². The normalized spacial score (nSPS) is 11.7. The van der Waals surface area contributed by atoms with Gasteiger partial charge in [-0.25, -0.2) is 0 Å². The molecule has 0 radical (unpaired) electrons. The van der Waals surface area contributed by atoms with Crippen LogP contribution in [0.2, 0.25) is 0 Å². The van der Waals surface area contributed by atoms with Gasteiger partial charge in [0.15, 0.2) is 46.3 Å². The molecule has 0 heterocycles. The van der Waals surface area contributed by atoms with E-state index >= 15 is 38.4 Å². The van der Waals surface area contributed by atoms with Crippen molar-refractivity contribution in [2.24, 2.45) is 29.1 Å². The summed E-state index contributed by atoms with van der Waals surface area (Å²) in [6, 6.07) is 61.2. The topological polar surface area (TPSA) is 141 Å². The van der Waals surface area contributed by atoms with E-state index < -0.39 is 81.4 Å². The van der Waals surface area contributed by atoms with E-state index in [1.807, 2.05) is 0 Å². The molecule has 8 aromatic rings. The minimum atomic E-state index is -2.99. The van der Waals surface area contributed by atoms with Crippen LogP contribution >= 0.6 is 0 Å².